The van der Waals surface area contributed by atoms with E-state index in [9.17, 15) is 0 Å². The summed E-state index contributed by atoms with van der Waals surface area (Å²) in [5, 5.41) is 13.6. The van der Waals surface area contributed by atoms with E-state index in [1.54, 1.807) is 0 Å². The van der Waals surface area contributed by atoms with Gasteiger partial charge in [-0.3, -0.25) is 0 Å². The first-order valence-corrected chi connectivity index (χ1v) is 6.89. The monoisotopic (exact) mass is 293 g/mol. The van der Waals surface area contributed by atoms with Gasteiger partial charge in [-0.2, -0.15) is 0 Å². The fourth-order valence-corrected chi connectivity index (χ4v) is 2.48. The molecule has 3 rings (SSSR count). The van der Waals surface area contributed by atoms with Crippen molar-refractivity contribution in [2.75, 3.05) is 18.5 Å². The van der Waals surface area contributed by atoms with Crippen molar-refractivity contribution < 1.29 is 9.47 Å². The molecule has 2 aromatic rings. The molecule has 1 aliphatic rings. The first kappa shape index (κ1) is 13.5. The molecule has 5 nitrogen and oxygen atoms in total. The number of benzene rings is 1. The van der Waals surface area contributed by atoms with E-state index in [1.807, 2.05) is 38.1 Å². The highest BCUT2D eigenvalue weighted by Crippen LogP contribution is 2.26. The third-order valence-corrected chi connectivity index (χ3v) is 3.49. The van der Waals surface area contributed by atoms with Crippen molar-refractivity contribution >= 4 is 28.2 Å². The van der Waals surface area contributed by atoms with Crippen LogP contribution in [0.4, 0.5) is 5.82 Å². The quantitative estimate of drug-likeness (QED) is 0.943. The van der Waals surface area contributed by atoms with Crippen LogP contribution in [0.25, 0.3) is 10.8 Å². The summed E-state index contributed by atoms with van der Waals surface area (Å²) < 4.78 is 11.3. The van der Waals surface area contributed by atoms with Gasteiger partial charge >= 0.3 is 0 Å². The molecule has 20 heavy (non-hydrogen) atoms. The van der Waals surface area contributed by atoms with Gasteiger partial charge in [-0.1, -0.05) is 35.9 Å². The molecule has 0 saturated carbocycles. The summed E-state index contributed by atoms with van der Waals surface area (Å²) in [7, 11) is 0. The highest BCUT2D eigenvalue weighted by atomic mass is 35.5. The van der Waals surface area contributed by atoms with E-state index in [2.05, 4.69) is 15.5 Å². The Morgan fingerprint density at radius 3 is 2.75 bits per heavy atom. The number of nitrogens with zero attached hydrogens (tertiary/aromatic N) is 2. The van der Waals surface area contributed by atoms with Crippen molar-refractivity contribution in [3.8, 4) is 0 Å². The van der Waals surface area contributed by atoms with Crippen LogP contribution in [-0.2, 0) is 9.47 Å². The molecule has 1 atom stereocenters. The smallest absolute Gasteiger partial charge is 0.163 e. The molecule has 0 aliphatic carbocycles. The minimum Gasteiger partial charge on any atom is -0.365 e. The number of halogens is 1. The highest BCUT2D eigenvalue weighted by Gasteiger charge is 2.32. The van der Waals surface area contributed by atoms with Crippen LogP contribution in [0, 0.1) is 0 Å². The first-order chi connectivity index (χ1) is 9.55. The molecule has 2 heterocycles. The molecule has 1 unspecified atom stereocenters. The average Bonchev–Trinajstić information content (AvgIpc) is 2.78. The maximum atomic E-state index is 6.05. The lowest BCUT2D eigenvalue weighted by atomic mass is 10.2. The summed E-state index contributed by atoms with van der Waals surface area (Å²) in [6.07, 6.45) is 0.00115. The van der Waals surface area contributed by atoms with Gasteiger partial charge in [0.1, 0.15) is 6.10 Å². The van der Waals surface area contributed by atoms with Gasteiger partial charge in [0.15, 0.2) is 16.8 Å². The van der Waals surface area contributed by atoms with E-state index in [1.165, 1.54) is 0 Å². The van der Waals surface area contributed by atoms with Gasteiger partial charge in [0, 0.05) is 17.3 Å². The lowest BCUT2D eigenvalue weighted by Gasteiger charge is -2.17. The number of fused-ring (bicyclic) bond motifs is 1. The number of hydrogen-bond acceptors (Lipinski definition) is 5. The van der Waals surface area contributed by atoms with Crippen LogP contribution >= 0.6 is 11.6 Å². The molecule has 1 aliphatic heterocycles. The molecule has 0 amide bonds. The third kappa shape index (κ3) is 2.70. The zero-order chi connectivity index (χ0) is 14.2. The Kier molecular flexibility index (Phi) is 3.50. The van der Waals surface area contributed by atoms with Crippen molar-refractivity contribution in [1.82, 2.24) is 10.2 Å². The van der Waals surface area contributed by atoms with Crippen molar-refractivity contribution in [2.24, 2.45) is 0 Å². The van der Waals surface area contributed by atoms with Gasteiger partial charge in [-0.15, -0.1) is 10.2 Å². The van der Waals surface area contributed by atoms with Gasteiger partial charge < -0.3 is 14.8 Å². The molecule has 0 radical (unpaired) electrons. The summed E-state index contributed by atoms with van der Waals surface area (Å²) in [6, 6.07) is 7.77. The zero-order valence-electron chi connectivity index (χ0n) is 11.4. The second-order valence-corrected chi connectivity index (χ2v) is 5.57. The molecule has 0 bridgehead atoms. The van der Waals surface area contributed by atoms with E-state index in [-0.39, 0.29) is 6.10 Å². The predicted octanol–water partition coefficient (Wildman–Crippen LogP) is 2.85. The summed E-state index contributed by atoms with van der Waals surface area (Å²) in [6.45, 7) is 5.00. The van der Waals surface area contributed by atoms with Crippen LogP contribution in [0.5, 0.6) is 0 Å². The fraction of sp³-hybridized carbons (Fsp3) is 0.429. The molecule has 1 fully saturated rings. The third-order valence-electron chi connectivity index (χ3n) is 3.21. The Morgan fingerprint density at radius 2 is 2.05 bits per heavy atom. The minimum atomic E-state index is -0.514. The van der Waals surface area contributed by atoms with E-state index in [0.717, 1.165) is 10.8 Å². The molecule has 6 heteroatoms. The number of nitrogens with one attached hydrogen (secondary N) is 1. The second-order valence-electron chi connectivity index (χ2n) is 5.22. The van der Waals surface area contributed by atoms with Crippen LogP contribution in [-0.4, -0.2) is 35.2 Å². The van der Waals surface area contributed by atoms with Crippen LogP contribution in [0.1, 0.15) is 13.8 Å². The topological polar surface area (TPSA) is 56.3 Å². The first-order valence-electron chi connectivity index (χ1n) is 6.52. The lowest BCUT2D eigenvalue weighted by Crippen LogP contribution is -2.26. The number of hydrogen-bond donors (Lipinski definition) is 1. The average molecular weight is 294 g/mol. The summed E-state index contributed by atoms with van der Waals surface area (Å²) in [5.74, 6) is 0.193. The Morgan fingerprint density at radius 1 is 1.30 bits per heavy atom. The van der Waals surface area contributed by atoms with E-state index in [0.29, 0.717) is 24.1 Å². The molecule has 1 aromatic carbocycles. The molecular formula is C14H16ClN3O2. The van der Waals surface area contributed by atoms with Crippen molar-refractivity contribution in [1.29, 1.82) is 0 Å². The molecule has 1 aromatic heterocycles. The summed E-state index contributed by atoms with van der Waals surface area (Å²) >= 11 is 6.05. The molecule has 1 saturated heterocycles. The van der Waals surface area contributed by atoms with Crippen molar-refractivity contribution in [3.05, 3.63) is 29.4 Å². The van der Waals surface area contributed by atoms with Gasteiger partial charge in [-0.25, -0.2) is 0 Å². The van der Waals surface area contributed by atoms with E-state index < -0.39 is 5.79 Å². The van der Waals surface area contributed by atoms with Crippen LogP contribution in [0.15, 0.2) is 24.3 Å². The number of anilines is 1. The van der Waals surface area contributed by atoms with Gasteiger partial charge in [-0.05, 0) is 13.8 Å². The van der Waals surface area contributed by atoms with Crippen LogP contribution in [0.2, 0.25) is 5.15 Å². The Labute approximate surface area is 122 Å². The molecule has 1 N–H and O–H groups in total. The lowest BCUT2D eigenvalue weighted by molar-refractivity contribution is -0.136. The van der Waals surface area contributed by atoms with Gasteiger partial charge in [0.25, 0.3) is 0 Å². The standard InChI is InChI=1S/C14H16ClN3O2/c1-14(2)19-8-9(20-14)7-16-13-11-6-4-3-5-10(11)12(15)17-18-13/h3-6,9H,7-8H2,1-2H3,(H,16,18). The Balaban J connectivity index is 1.77. The number of rotatable bonds is 3. The summed E-state index contributed by atoms with van der Waals surface area (Å²) in [4.78, 5) is 0. The number of ether oxygens (including phenoxy) is 2. The van der Waals surface area contributed by atoms with Gasteiger partial charge in [0.2, 0.25) is 0 Å². The maximum absolute atomic E-state index is 6.05. The largest absolute Gasteiger partial charge is 0.365 e. The predicted molar refractivity (Wildman–Crippen MR) is 77.9 cm³/mol. The van der Waals surface area contributed by atoms with Gasteiger partial charge in [0.05, 0.1) is 6.61 Å². The fourth-order valence-electron chi connectivity index (χ4n) is 2.28. The maximum Gasteiger partial charge on any atom is 0.163 e. The highest BCUT2D eigenvalue weighted by molar-refractivity contribution is 6.34. The van der Waals surface area contributed by atoms with Crippen LogP contribution < -0.4 is 5.32 Å². The van der Waals surface area contributed by atoms with E-state index in [4.69, 9.17) is 21.1 Å². The Hall–Kier alpha value is -1.43. The van der Waals surface area contributed by atoms with Crippen molar-refractivity contribution in [3.63, 3.8) is 0 Å². The molecule has 0 spiro atoms. The van der Waals surface area contributed by atoms with Crippen LogP contribution in [0.3, 0.4) is 0 Å². The molecular weight excluding hydrogens is 278 g/mol. The molecule has 106 valence electrons. The summed E-state index contributed by atoms with van der Waals surface area (Å²) in [5.41, 5.74) is 0. The normalized spacial score (nSPS) is 21.2. The van der Waals surface area contributed by atoms with Crippen molar-refractivity contribution in [2.45, 2.75) is 25.7 Å². The minimum absolute atomic E-state index is 0.00115. The van der Waals surface area contributed by atoms with E-state index >= 15 is 0 Å². The SMILES string of the molecule is CC1(C)OCC(CNc2nnc(Cl)c3ccccc23)O1. The zero-order valence-corrected chi connectivity index (χ0v) is 12.1. The number of aromatic nitrogens is 2. The second kappa shape index (κ2) is 5.16. The Bertz CT molecular complexity index is 633.